The number of aliphatic hydroxyl groups excluding tert-OH is 1. The van der Waals surface area contributed by atoms with Gasteiger partial charge in [0.25, 0.3) is 11.5 Å². The molecule has 6 heteroatoms. The number of hydrogen-bond acceptors (Lipinski definition) is 4. The normalized spacial score (nSPS) is 12.2. The lowest BCUT2D eigenvalue weighted by molar-refractivity contribution is 0.0760. The summed E-state index contributed by atoms with van der Waals surface area (Å²) in [6.45, 7) is 4.69. The second kappa shape index (κ2) is 7.79. The van der Waals surface area contributed by atoms with Gasteiger partial charge in [0, 0.05) is 26.2 Å². The standard InChI is InChI=1S/C14H23N3O3/c1-4-5-9-17-13(19)7-6-12(15-17)14(20)16(3)10-8-11(2)18/h6-7,11,18H,4-5,8-10H2,1-3H3. The largest absolute Gasteiger partial charge is 0.393 e. The molecule has 0 saturated heterocycles. The van der Waals surface area contributed by atoms with Gasteiger partial charge in [-0.05, 0) is 25.8 Å². The van der Waals surface area contributed by atoms with Crippen molar-refractivity contribution in [3.63, 3.8) is 0 Å². The summed E-state index contributed by atoms with van der Waals surface area (Å²) in [4.78, 5) is 25.3. The van der Waals surface area contributed by atoms with Crippen molar-refractivity contribution >= 4 is 5.91 Å². The van der Waals surface area contributed by atoms with Crippen molar-refractivity contribution in [3.05, 3.63) is 28.2 Å². The maximum atomic E-state index is 12.2. The van der Waals surface area contributed by atoms with Crippen LogP contribution in [-0.2, 0) is 6.54 Å². The van der Waals surface area contributed by atoms with E-state index in [-0.39, 0.29) is 17.2 Å². The maximum Gasteiger partial charge on any atom is 0.274 e. The molecule has 0 spiro atoms. The minimum absolute atomic E-state index is 0.193. The van der Waals surface area contributed by atoms with Crippen molar-refractivity contribution in [2.24, 2.45) is 0 Å². The number of aromatic nitrogens is 2. The van der Waals surface area contributed by atoms with Crippen molar-refractivity contribution in [1.82, 2.24) is 14.7 Å². The van der Waals surface area contributed by atoms with E-state index < -0.39 is 6.10 Å². The Labute approximate surface area is 119 Å². The Morgan fingerprint density at radius 2 is 2.20 bits per heavy atom. The van der Waals surface area contributed by atoms with E-state index >= 15 is 0 Å². The summed E-state index contributed by atoms with van der Waals surface area (Å²) >= 11 is 0. The summed E-state index contributed by atoms with van der Waals surface area (Å²) in [5, 5.41) is 13.3. The van der Waals surface area contributed by atoms with Crippen molar-refractivity contribution in [3.8, 4) is 0 Å². The highest BCUT2D eigenvalue weighted by molar-refractivity contribution is 5.91. The second-order valence-corrected chi connectivity index (χ2v) is 5.00. The molecule has 112 valence electrons. The molecule has 1 rings (SSSR count). The minimum Gasteiger partial charge on any atom is -0.393 e. The van der Waals surface area contributed by atoms with Crippen LogP contribution in [0.15, 0.2) is 16.9 Å². The fourth-order valence-electron chi connectivity index (χ4n) is 1.71. The SMILES string of the molecule is CCCCn1nc(C(=O)N(C)CCC(C)O)ccc1=O. The van der Waals surface area contributed by atoms with Crippen LogP contribution in [-0.4, -0.2) is 45.4 Å². The summed E-state index contributed by atoms with van der Waals surface area (Å²) in [6.07, 6.45) is 1.87. The van der Waals surface area contributed by atoms with E-state index in [1.165, 1.54) is 21.7 Å². The lowest BCUT2D eigenvalue weighted by Crippen LogP contribution is -2.32. The van der Waals surface area contributed by atoms with Crippen molar-refractivity contribution < 1.29 is 9.90 Å². The molecule has 1 amide bonds. The van der Waals surface area contributed by atoms with Gasteiger partial charge in [-0.2, -0.15) is 5.10 Å². The van der Waals surface area contributed by atoms with E-state index in [0.29, 0.717) is 19.5 Å². The number of unbranched alkanes of at least 4 members (excludes halogenated alkanes) is 1. The van der Waals surface area contributed by atoms with Crippen LogP contribution in [0, 0.1) is 0 Å². The molecule has 0 bridgehead atoms. The number of carbonyl (C=O) groups excluding carboxylic acids is 1. The van der Waals surface area contributed by atoms with Gasteiger partial charge in [-0.15, -0.1) is 0 Å². The lowest BCUT2D eigenvalue weighted by Gasteiger charge is -2.17. The Kier molecular flexibility index (Phi) is 6.38. The number of hydrogen-bond donors (Lipinski definition) is 1. The molecule has 6 nitrogen and oxygen atoms in total. The van der Waals surface area contributed by atoms with Gasteiger partial charge in [-0.25, -0.2) is 4.68 Å². The summed E-state index contributed by atoms with van der Waals surface area (Å²) in [7, 11) is 1.66. The Balaban J connectivity index is 2.79. The first-order valence-corrected chi connectivity index (χ1v) is 6.97. The van der Waals surface area contributed by atoms with Gasteiger partial charge in [0.15, 0.2) is 0 Å². The smallest absolute Gasteiger partial charge is 0.274 e. The number of aryl methyl sites for hydroxylation is 1. The van der Waals surface area contributed by atoms with Gasteiger partial charge in [0.1, 0.15) is 5.69 Å². The van der Waals surface area contributed by atoms with Crippen LogP contribution in [0.4, 0.5) is 0 Å². The topological polar surface area (TPSA) is 75.4 Å². The summed E-state index contributed by atoms with van der Waals surface area (Å²) in [6, 6.07) is 2.82. The number of aliphatic hydroxyl groups is 1. The van der Waals surface area contributed by atoms with E-state index in [1.807, 2.05) is 6.92 Å². The Morgan fingerprint density at radius 1 is 1.50 bits per heavy atom. The van der Waals surface area contributed by atoms with Gasteiger partial charge in [0.05, 0.1) is 6.10 Å². The van der Waals surface area contributed by atoms with Crippen LogP contribution in [0.2, 0.25) is 0 Å². The zero-order valence-electron chi connectivity index (χ0n) is 12.4. The zero-order valence-corrected chi connectivity index (χ0v) is 12.4. The summed E-state index contributed by atoms with van der Waals surface area (Å²) < 4.78 is 1.33. The fourth-order valence-corrected chi connectivity index (χ4v) is 1.71. The van der Waals surface area contributed by atoms with Crippen LogP contribution in [0.5, 0.6) is 0 Å². The van der Waals surface area contributed by atoms with E-state index in [4.69, 9.17) is 0 Å². The van der Waals surface area contributed by atoms with Gasteiger partial charge >= 0.3 is 0 Å². The molecule has 0 aliphatic rings. The van der Waals surface area contributed by atoms with Crippen molar-refractivity contribution in [2.45, 2.75) is 45.8 Å². The van der Waals surface area contributed by atoms with Gasteiger partial charge in [-0.1, -0.05) is 13.3 Å². The molecule has 1 aromatic heterocycles. The average molecular weight is 281 g/mol. The van der Waals surface area contributed by atoms with Crippen LogP contribution < -0.4 is 5.56 Å². The predicted octanol–water partition coefficient (Wildman–Crippen LogP) is 0.886. The number of rotatable bonds is 7. The van der Waals surface area contributed by atoms with Crippen molar-refractivity contribution in [2.75, 3.05) is 13.6 Å². The van der Waals surface area contributed by atoms with Crippen LogP contribution in [0.3, 0.4) is 0 Å². The first kappa shape index (κ1) is 16.4. The van der Waals surface area contributed by atoms with Crippen LogP contribution in [0.1, 0.15) is 43.6 Å². The number of carbonyl (C=O) groups is 1. The highest BCUT2D eigenvalue weighted by Gasteiger charge is 2.15. The third kappa shape index (κ3) is 4.77. The highest BCUT2D eigenvalue weighted by atomic mass is 16.3. The molecule has 0 saturated carbocycles. The van der Waals surface area contributed by atoms with E-state index in [2.05, 4.69) is 5.10 Å². The summed E-state index contributed by atoms with van der Waals surface area (Å²) in [5.41, 5.74) is 0.0652. The molecule has 1 unspecified atom stereocenters. The molecule has 1 atom stereocenters. The van der Waals surface area contributed by atoms with E-state index in [9.17, 15) is 14.7 Å². The molecule has 0 fully saturated rings. The molecule has 0 radical (unpaired) electrons. The highest BCUT2D eigenvalue weighted by Crippen LogP contribution is 2.01. The molecular weight excluding hydrogens is 258 g/mol. The molecule has 0 aromatic carbocycles. The maximum absolute atomic E-state index is 12.2. The Morgan fingerprint density at radius 3 is 2.80 bits per heavy atom. The van der Waals surface area contributed by atoms with Gasteiger partial charge in [-0.3, -0.25) is 9.59 Å². The third-order valence-corrected chi connectivity index (χ3v) is 3.04. The second-order valence-electron chi connectivity index (χ2n) is 5.00. The van der Waals surface area contributed by atoms with Crippen molar-refractivity contribution in [1.29, 1.82) is 0 Å². The quantitative estimate of drug-likeness (QED) is 0.805. The zero-order chi connectivity index (χ0) is 15.1. The molecule has 20 heavy (non-hydrogen) atoms. The average Bonchev–Trinajstić information content (AvgIpc) is 2.43. The van der Waals surface area contributed by atoms with Gasteiger partial charge < -0.3 is 10.0 Å². The van der Waals surface area contributed by atoms with Crippen LogP contribution in [0.25, 0.3) is 0 Å². The molecule has 1 heterocycles. The molecule has 0 aliphatic heterocycles. The van der Waals surface area contributed by atoms with E-state index in [1.54, 1.807) is 14.0 Å². The summed E-state index contributed by atoms with van der Waals surface area (Å²) in [5.74, 6) is -0.240. The number of nitrogens with zero attached hydrogens (tertiary/aromatic N) is 3. The monoisotopic (exact) mass is 281 g/mol. The number of amides is 1. The predicted molar refractivity (Wildman–Crippen MR) is 76.7 cm³/mol. The Bertz CT molecular complexity index is 497. The fraction of sp³-hybridized carbons (Fsp3) is 0.643. The molecule has 0 aliphatic carbocycles. The Hall–Kier alpha value is -1.69. The molecular formula is C14H23N3O3. The van der Waals surface area contributed by atoms with Gasteiger partial charge in [0.2, 0.25) is 0 Å². The van der Waals surface area contributed by atoms with E-state index in [0.717, 1.165) is 12.8 Å². The first-order valence-electron chi connectivity index (χ1n) is 6.97. The molecule has 1 N–H and O–H groups in total. The minimum atomic E-state index is -0.447. The third-order valence-electron chi connectivity index (χ3n) is 3.04. The molecule has 1 aromatic rings. The first-order chi connectivity index (χ1) is 9.45. The van der Waals surface area contributed by atoms with Crippen LogP contribution >= 0.6 is 0 Å². The lowest BCUT2D eigenvalue weighted by atomic mass is 10.2.